The molecule has 0 bridgehead atoms. The Morgan fingerprint density at radius 3 is 2.83 bits per heavy atom. The van der Waals surface area contributed by atoms with Crippen LogP contribution in [0.1, 0.15) is 28.3 Å². The number of rotatable bonds is 2. The van der Waals surface area contributed by atoms with Gasteiger partial charge in [-0.15, -0.1) is 0 Å². The molecule has 0 saturated heterocycles. The second-order valence-corrected chi connectivity index (χ2v) is 6.84. The van der Waals surface area contributed by atoms with Gasteiger partial charge in [-0.1, -0.05) is 42.5 Å². The Morgan fingerprint density at radius 2 is 1.96 bits per heavy atom. The smallest absolute Gasteiger partial charge is 0.126 e. The van der Waals surface area contributed by atoms with Gasteiger partial charge in [-0.2, -0.15) is 0 Å². The Labute approximate surface area is 138 Å². The zero-order valence-corrected chi connectivity index (χ0v) is 13.7. The Kier molecular flexibility index (Phi) is 3.83. The summed E-state index contributed by atoms with van der Waals surface area (Å²) in [7, 11) is 0. The summed E-state index contributed by atoms with van der Waals surface area (Å²) in [6.45, 7) is 5.95. The van der Waals surface area contributed by atoms with Crippen molar-refractivity contribution in [2.45, 2.75) is 25.9 Å². The van der Waals surface area contributed by atoms with E-state index in [1.807, 2.05) is 0 Å². The average Bonchev–Trinajstić information content (AvgIpc) is 2.58. The van der Waals surface area contributed by atoms with Crippen LogP contribution in [0.15, 0.2) is 42.5 Å². The van der Waals surface area contributed by atoms with Gasteiger partial charge in [0.25, 0.3) is 0 Å². The third-order valence-electron chi connectivity index (χ3n) is 5.25. The van der Waals surface area contributed by atoms with Crippen LogP contribution in [0.4, 0.5) is 0 Å². The van der Waals surface area contributed by atoms with Crippen molar-refractivity contribution in [3.8, 4) is 5.75 Å². The van der Waals surface area contributed by atoms with Crippen LogP contribution in [0.5, 0.6) is 5.75 Å². The van der Waals surface area contributed by atoms with Crippen molar-refractivity contribution in [2.75, 3.05) is 19.7 Å². The highest BCUT2D eigenvalue weighted by Gasteiger charge is 2.31. The minimum atomic E-state index is 0.0656. The molecule has 0 aliphatic carbocycles. The van der Waals surface area contributed by atoms with E-state index in [9.17, 15) is 0 Å². The molecule has 23 heavy (non-hydrogen) atoms. The van der Waals surface area contributed by atoms with E-state index < -0.39 is 0 Å². The zero-order chi connectivity index (χ0) is 15.8. The van der Waals surface area contributed by atoms with Gasteiger partial charge in [-0.3, -0.25) is 4.90 Å². The predicted octanol–water partition coefficient (Wildman–Crippen LogP) is 3.06. The number of hydrogen-bond acceptors (Lipinski definition) is 3. The number of benzene rings is 2. The SMILES string of the molecule is Cc1cccc2c1OCC(CN1CCc3ccccc3C1)C2N. The van der Waals surface area contributed by atoms with Crippen molar-refractivity contribution < 1.29 is 4.74 Å². The highest BCUT2D eigenvalue weighted by atomic mass is 16.5. The van der Waals surface area contributed by atoms with E-state index in [1.54, 1.807) is 0 Å². The van der Waals surface area contributed by atoms with Crippen LogP contribution in [0, 0.1) is 12.8 Å². The highest BCUT2D eigenvalue weighted by molar-refractivity contribution is 5.44. The molecule has 0 radical (unpaired) electrons. The molecule has 2 heterocycles. The summed E-state index contributed by atoms with van der Waals surface area (Å²) in [5.74, 6) is 1.36. The molecule has 2 unspecified atom stereocenters. The second-order valence-electron chi connectivity index (χ2n) is 6.84. The number of aryl methyl sites for hydroxylation is 1. The number of ether oxygens (including phenoxy) is 1. The van der Waals surface area contributed by atoms with E-state index >= 15 is 0 Å². The summed E-state index contributed by atoms with van der Waals surface area (Å²) in [6.07, 6.45) is 1.13. The normalized spacial score (nSPS) is 23.7. The first kappa shape index (κ1) is 14.7. The quantitative estimate of drug-likeness (QED) is 0.926. The molecule has 3 heteroatoms. The van der Waals surface area contributed by atoms with Gasteiger partial charge in [0, 0.05) is 37.2 Å². The van der Waals surface area contributed by atoms with Crippen LogP contribution in [0.2, 0.25) is 0 Å². The summed E-state index contributed by atoms with van der Waals surface area (Å²) >= 11 is 0. The van der Waals surface area contributed by atoms with Crippen molar-refractivity contribution in [3.63, 3.8) is 0 Å². The van der Waals surface area contributed by atoms with Gasteiger partial charge >= 0.3 is 0 Å². The number of nitrogens with zero attached hydrogens (tertiary/aromatic N) is 1. The molecule has 120 valence electrons. The minimum absolute atomic E-state index is 0.0656. The number of hydrogen-bond donors (Lipinski definition) is 1. The van der Waals surface area contributed by atoms with E-state index in [0.29, 0.717) is 5.92 Å². The lowest BCUT2D eigenvalue weighted by molar-refractivity contribution is 0.130. The van der Waals surface area contributed by atoms with Crippen LogP contribution >= 0.6 is 0 Å². The molecule has 0 saturated carbocycles. The molecule has 0 spiro atoms. The van der Waals surface area contributed by atoms with Gasteiger partial charge in [0.05, 0.1) is 6.61 Å². The van der Waals surface area contributed by atoms with Gasteiger partial charge in [0.1, 0.15) is 5.75 Å². The third kappa shape index (κ3) is 2.75. The fourth-order valence-electron chi connectivity index (χ4n) is 3.89. The van der Waals surface area contributed by atoms with Crippen LogP contribution in [0.25, 0.3) is 0 Å². The Morgan fingerprint density at radius 1 is 1.13 bits per heavy atom. The largest absolute Gasteiger partial charge is 0.493 e. The summed E-state index contributed by atoms with van der Waals surface area (Å²) in [4.78, 5) is 2.52. The van der Waals surface area contributed by atoms with E-state index in [-0.39, 0.29) is 6.04 Å². The van der Waals surface area contributed by atoms with E-state index in [2.05, 4.69) is 54.3 Å². The summed E-state index contributed by atoms with van der Waals surface area (Å²) < 4.78 is 6.04. The van der Waals surface area contributed by atoms with Gasteiger partial charge in [-0.05, 0) is 30.0 Å². The average molecular weight is 308 g/mol. The molecule has 4 rings (SSSR count). The van der Waals surface area contributed by atoms with E-state index in [0.717, 1.165) is 38.4 Å². The summed E-state index contributed by atoms with van der Waals surface area (Å²) in [5, 5.41) is 0. The van der Waals surface area contributed by atoms with Crippen molar-refractivity contribution in [2.24, 2.45) is 11.7 Å². The monoisotopic (exact) mass is 308 g/mol. The molecular weight excluding hydrogens is 284 g/mol. The van der Waals surface area contributed by atoms with Crippen molar-refractivity contribution in [1.82, 2.24) is 4.90 Å². The van der Waals surface area contributed by atoms with Crippen LogP contribution in [0.3, 0.4) is 0 Å². The maximum Gasteiger partial charge on any atom is 0.126 e. The first-order chi connectivity index (χ1) is 11.2. The first-order valence-electron chi connectivity index (χ1n) is 8.49. The van der Waals surface area contributed by atoms with E-state index in [1.165, 1.54) is 22.3 Å². The van der Waals surface area contributed by atoms with Crippen molar-refractivity contribution >= 4 is 0 Å². The molecular formula is C20H24N2O. The van der Waals surface area contributed by atoms with Gasteiger partial charge < -0.3 is 10.5 Å². The maximum absolute atomic E-state index is 6.56. The van der Waals surface area contributed by atoms with Crippen molar-refractivity contribution in [1.29, 1.82) is 0 Å². The lowest BCUT2D eigenvalue weighted by Crippen LogP contribution is -2.42. The number of fused-ring (bicyclic) bond motifs is 2. The molecule has 0 fully saturated rings. The second kappa shape index (κ2) is 5.99. The summed E-state index contributed by atoms with van der Waals surface area (Å²) in [5.41, 5.74) is 11.9. The Bertz CT molecular complexity index is 713. The fraction of sp³-hybridized carbons (Fsp3) is 0.400. The lowest BCUT2D eigenvalue weighted by atomic mass is 9.89. The minimum Gasteiger partial charge on any atom is -0.493 e. The number of para-hydroxylation sites is 1. The molecule has 0 aromatic heterocycles. The molecule has 0 amide bonds. The summed E-state index contributed by atoms with van der Waals surface area (Å²) in [6, 6.07) is 15.1. The predicted molar refractivity (Wildman–Crippen MR) is 92.5 cm³/mol. The number of nitrogens with two attached hydrogens (primary N) is 1. The highest BCUT2D eigenvalue weighted by Crippen LogP contribution is 2.36. The molecule has 2 aromatic rings. The first-order valence-corrected chi connectivity index (χ1v) is 8.49. The van der Waals surface area contributed by atoms with Crippen molar-refractivity contribution in [3.05, 3.63) is 64.7 Å². The molecule has 2 aliphatic heterocycles. The zero-order valence-electron chi connectivity index (χ0n) is 13.7. The van der Waals surface area contributed by atoms with Gasteiger partial charge in [-0.25, -0.2) is 0 Å². The lowest BCUT2D eigenvalue weighted by Gasteiger charge is -2.37. The topological polar surface area (TPSA) is 38.5 Å². The fourth-order valence-corrected chi connectivity index (χ4v) is 3.89. The van der Waals surface area contributed by atoms with E-state index in [4.69, 9.17) is 10.5 Å². The molecule has 2 N–H and O–H groups in total. The molecule has 2 aromatic carbocycles. The standard InChI is InChI=1S/C20H24N2O/c1-14-5-4-8-18-19(21)17(13-23-20(14)18)12-22-10-9-15-6-2-3-7-16(15)11-22/h2-8,17,19H,9-13,21H2,1H3. The third-order valence-corrected chi connectivity index (χ3v) is 5.25. The van der Waals surface area contributed by atoms with Gasteiger partial charge in [0.15, 0.2) is 0 Å². The molecule has 2 atom stereocenters. The van der Waals surface area contributed by atoms with Crippen LogP contribution in [-0.4, -0.2) is 24.6 Å². The molecule has 3 nitrogen and oxygen atoms in total. The Balaban J connectivity index is 1.48. The van der Waals surface area contributed by atoms with Gasteiger partial charge in [0.2, 0.25) is 0 Å². The Hall–Kier alpha value is -1.84. The van der Waals surface area contributed by atoms with Crippen LogP contribution in [-0.2, 0) is 13.0 Å². The maximum atomic E-state index is 6.56. The molecule has 2 aliphatic rings. The van der Waals surface area contributed by atoms with Crippen LogP contribution < -0.4 is 10.5 Å².